The summed E-state index contributed by atoms with van der Waals surface area (Å²) >= 11 is 0. The lowest BCUT2D eigenvalue weighted by Gasteiger charge is -2.29. The van der Waals surface area contributed by atoms with Crippen molar-refractivity contribution in [3.63, 3.8) is 0 Å². The minimum atomic E-state index is 0. The number of hydrogen-bond donors (Lipinski definition) is 1. The van der Waals surface area contributed by atoms with Crippen molar-refractivity contribution in [2.75, 3.05) is 53.0 Å². The van der Waals surface area contributed by atoms with Gasteiger partial charge in [-0.15, -0.1) is 12.4 Å². The topological polar surface area (TPSA) is 61.9 Å². The number of nitrogens with one attached hydrogen (secondary N) is 1. The Bertz CT molecular complexity index is 315. The van der Waals surface area contributed by atoms with Crippen molar-refractivity contribution in [1.82, 2.24) is 15.1 Å². The standard InChI is InChI=1S/C12H21N3O3.ClH/c1-14(12(17)10-2-3-13-8-10)9-11(16)15-4-6-18-7-5-15;/h10,13H,2-9H2,1H3;1H. The summed E-state index contributed by atoms with van der Waals surface area (Å²) in [6.07, 6.45) is 0.870. The molecule has 2 aliphatic rings. The molecule has 19 heavy (non-hydrogen) atoms. The van der Waals surface area contributed by atoms with Crippen molar-refractivity contribution < 1.29 is 14.3 Å². The van der Waals surface area contributed by atoms with Crippen molar-refractivity contribution in [2.24, 2.45) is 5.92 Å². The third-order valence-corrected chi connectivity index (χ3v) is 3.52. The minimum Gasteiger partial charge on any atom is -0.378 e. The molecule has 2 saturated heterocycles. The SMILES string of the molecule is CN(CC(=O)N1CCOCC1)C(=O)C1CCNC1.Cl. The zero-order valence-corrected chi connectivity index (χ0v) is 12.1. The highest BCUT2D eigenvalue weighted by atomic mass is 35.5. The number of amides is 2. The maximum absolute atomic E-state index is 12.1. The second-order valence-corrected chi connectivity index (χ2v) is 4.88. The van der Waals surface area contributed by atoms with E-state index in [1.54, 1.807) is 16.8 Å². The first-order valence-electron chi connectivity index (χ1n) is 6.49. The number of hydrogen-bond acceptors (Lipinski definition) is 4. The Balaban J connectivity index is 0.00000180. The second-order valence-electron chi connectivity index (χ2n) is 4.88. The summed E-state index contributed by atoms with van der Waals surface area (Å²) in [5.74, 6) is 0.120. The second kappa shape index (κ2) is 7.67. The molecule has 1 N–H and O–H groups in total. The number of halogens is 1. The Morgan fingerprint density at radius 1 is 1.37 bits per heavy atom. The van der Waals surface area contributed by atoms with E-state index in [9.17, 15) is 9.59 Å². The van der Waals surface area contributed by atoms with Crippen LogP contribution in [-0.2, 0) is 14.3 Å². The van der Waals surface area contributed by atoms with E-state index in [1.165, 1.54) is 0 Å². The Morgan fingerprint density at radius 3 is 2.63 bits per heavy atom. The van der Waals surface area contributed by atoms with Crippen LogP contribution in [0, 0.1) is 5.92 Å². The van der Waals surface area contributed by atoms with Gasteiger partial charge in [0.15, 0.2) is 0 Å². The van der Waals surface area contributed by atoms with Crippen LogP contribution in [0.3, 0.4) is 0 Å². The molecule has 2 aliphatic heterocycles. The average Bonchev–Trinajstić information content (AvgIpc) is 2.92. The fraction of sp³-hybridized carbons (Fsp3) is 0.833. The Morgan fingerprint density at radius 2 is 2.05 bits per heavy atom. The molecule has 1 unspecified atom stereocenters. The van der Waals surface area contributed by atoms with Gasteiger partial charge < -0.3 is 19.9 Å². The number of carbonyl (C=O) groups is 2. The first-order valence-corrected chi connectivity index (χ1v) is 6.49. The third-order valence-electron chi connectivity index (χ3n) is 3.52. The molecule has 0 spiro atoms. The van der Waals surface area contributed by atoms with E-state index < -0.39 is 0 Å². The van der Waals surface area contributed by atoms with Gasteiger partial charge in [-0.3, -0.25) is 9.59 Å². The summed E-state index contributed by atoms with van der Waals surface area (Å²) in [5.41, 5.74) is 0. The van der Waals surface area contributed by atoms with Crippen molar-refractivity contribution in [3.8, 4) is 0 Å². The molecule has 1 atom stereocenters. The van der Waals surface area contributed by atoms with E-state index in [2.05, 4.69) is 5.32 Å². The maximum Gasteiger partial charge on any atom is 0.242 e. The van der Waals surface area contributed by atoms with Crippen molar-refractivity contribution in [3.05, 3.63) is 0 Å². The fourth-order valence-electron chi connectivity index (χ4n) is 2.37. The monoisotopic (exact) mass is 291 g/mol. The van der Waals surface area contributed by atoms with Crippen LogP contribution in [0.15, 0.2) is 0 Å². The van der Waals surface area contributed by atoms with E-state index in [0.29, 0.717) is 26.3 Å². The predicted molar refractivity (Wildman–Crippen MR) is 73.3 cm³/mol. The number of rotatable bonds is 3. The van der Waals surface area contributed by atoms with Gasteiger partial charge in [0.2, 0.25) is 11.8 Å². The van der Waals surface area contributed by atoms with Crippen LogP contribution in [-0.4, -0.2) is 74.6 Å². The quantitative estimate of drug-likeness (QED) is 0.750. The largest absolute Gasteiger partial charge is 0.378 e. The average molecular weight is 292 g/mol. The lowest BCUT2D eigenvalue weighted by atomic mass is 10.1. The number of likely N-dealkylation sites (N-methyl/N-ethyl adjacent to an activating group) is 1. The molecule has 7 heteroatoms. The van der Waals surface area contributed by atoms with Crippen molar-refractivity contribution in [1.29, 1.82) is 0 Å². The van der Waals surface area contributed by atoms with E-state index in [1.807, 2.05) is 0 Å². The highest BCUT2D eigenvalue weighted by Gasteiger charge is 2.27. The van der Waals surface area contributed by atoms with Crippen LogP contribution in [0.25, 0.3) is 0 Å². The zero-order chi connectivity index (χ0) is 13.0. The predicted octanol–water partition coefficient (Wildman–Crippen LogP) is -0.665. The molecule has 0 aromatic carbocycles. The Labute approximate surface area is 119 Å². The smallest absolute Gasteiger partial charge is 0.242 e. The number of carbonyl (C=O) groups excluding carboxylic acids is 2. The molecular formula is C12H22ClN3O3. The summed E-state index contributed by atoms with van der Waals surface area (Å²) in [6.45, 7) is 4.25. The van der Waals surface area contributed by atoms with E-state index >= 15 is 0 Å². The summed E-state index contributed by atoms with van der Waals surface area (Å²) in [5, 5.41) is 3.17. The van der Waals surface area contributed by atoms with Gasteiger partial charge in [-0.2, -0.15) is 0 Å². The van der Waals surface area contributed by atoms with Gasteiger partial charge in [0.05, 0.1) is 25.7 Å². The van der Waals surface area contributed by atoms with Crippen LogP contribution < -0.4 is 5.32 Å². The van der Waals surface area contributed by atoms with Crippen molar-refractivity contribution in [2.45, 2.75) is 6.42 Å². The lowest BCUT2D eigenvalue weighted by molar-refractivity contribution is -0.143. The molecular weight excluding hydrogens is 270 g/mol. The van der Waals surface area contributed by atoms with Crippen LogP contribution in [0.5, 0.6) is 0 Å². The number of ether oxygens (including phenoxy) is 1. The van der Waals surface area contributed by atoms with E-state index in [0.717, 1.165) is 19.5 Å². The Hall–Kier alpha value is -0.850. The fourth-order valence-corrected chi connectivity index (χ4v) is 2.37. The van der Waals surface area contributed by atoms with Crippen LogP contribution in [0.1, 0.15) is 6.42 Å². The molecule has 0 aromatic heterocycles. The normalized spacial score (nSPS) is 22.8. The lowest BCUT2D eigenvalue weighted by Crippen LogP contribution is -2.47. The minimum absolute atomic E-state index is 0. The molecule has 0 radical (unpaired) electrons. The summed E-state index contributed by atoms with van der Waals surface area (Å²) < 4.78 is 5.20. The molecule has 0 aromatic rings. The van der Waals surface area contributed by atoms with Crippen LogP contribution in [0.4, 0.5) is 0 Å². The first kappa shape index (κ1) is 16.2. The Kier molecular flexibility index (Phi) is 6.54. The molecule has 2 fully saturated rings. The molecule has 0 bridgehead atoms. The molecule has 2 rings (SSSR count). The van der Waals surface area contributed by atoms with E-state index in [-0.39, 0.29) is 36.7 Å². The summed E-state index contributed by atoms with van der Waals surface area (Å²) in [4.78, 5) is 27.4. The van der Waals surface area contributed by atoms with E-state index in [4.69, 9.17) is 4.74 Å². The number of nitrogens with zero attached hydrogens (tertiary/aromatic N) is 2. The molecule has 2 heterocycles. The van der Waals surface area contributed by atoms with Gasteiger partial charge >= 0.3 is 0 Å². The van der Waals surface area contributed by atoms with Gasteiger partial charge in [0, 0.05) is 26.7 Å². The zero-order valence-electron chi connectivity index (χ0n) is 11.3. The van der Waals surface area contributed by atoms with Gasteiger partial charge in [-0.05, 0) is 13.0 Å². The third kappa shape index (κ3) is 4.33. The number of morpholine rings is 1. The van der Waals surface area contributed by atoms with Gasteiger partial charge in [-0.1, -0.05) is 0 Å². The van der Waals surface area contributed by atoms with Gasteiger partial charge in [0.25, 0.3) is 0 Å². The van der Waals surface area contributed by atoms with Gasteiger partial charge in [0.1, 0.15) is 0 Å². The molecule has 6 nitrogen and oxygen atoms in total. The first-order chi connectivity index (χ1) is 8.68. The maximum atomic E-state index is 12.1. The van der Waals surface area contributed by atoms with Crippen molar-refractivity contribution >= 4 is 24.2 Å². The highest BCUT2D eigenvalue weighted by Crippen LogP contribution is 2.11. The molecule has 110 valence electrons. The van der Waals surface area contributed by atoms with Gasteiger partial charge in [-0.25, -0.2) is 0 Å². The molecule has 0 saturated carbocycles. The summed E-state index contributed by atoms with van der Waals surface area (Å²) in [7, 11) is 1.71. The highest BCUT2D eigenvalue weighted by molar-refractivity contribution is 5.86. The van der Waals surface area contributed by atoms with Crippen LogP contribution >= 0.6 is 12.4 Å². The molecule has 0 aliphatic carbocycles. The summed E-state index contributed by atoms with van der Waals surface area (Å²) in [6, 6.07) is 0. The van der Waals surface area contributed by atoms with Crippen LogP contribution in [0.2, 0.25) is 0 Å². The molecule has 2 amide bonds.